The van der Waals surface area contributed by atoms with E-state index >= 15 is 0 Å². The molecule has 0 aromatic heterocycles. The van der Waals surface area contributed by atoms with Gasteiger partial charge in [-0.05, 0) is 86.9 Å². The number of thioether (sulfide) groups is 1. The molecule has 0 heterocycles. The maximum Gasteiger partial charge on any atom is 0.246 e. The Bertz CT molecular complexity index is 2030. The summed E-state index contributed by atoms with van der Waals surface area (Å²) in [5, 5.41) is 17.8. The molecule has 0 spiro atoms. The Labute approximate surface area is 480 Å². The topological polar surface area (TPSA) is 243 Å². The summed E-state index contributed by atoms with van der Waals surface area (Å²) in [6, 6.07) is -9.08. The smallest absolute Gasteiger partial charge is 0.246 e. The number of nitrogens with two attached hydrogens (primary N) is 1. The number of nitrogens with one attached hydrogen (secondary N) is 2. The van der Waals surface area contributed by atoms with E-state index in [1.165, 1.54) is 71.5 Å². The van der Waals surface area contributed by atoms with Crippen molar-refractivity contribution in [1.29, 1.82) is 0 Å². The van der Waals surface area contributed by atoms with Crippen LogP contribution in [0.15, 0.2) is 24.8 Å². The minimum atomic E-state index is -1.56. The van der Waals surface area contributed by atoms with E-state index in [1.54, 1.807) is 54.7 Å². The van der Waals surface area contributed by atoms with E-state index in [-0.39, 0.29) is 54.6 Å². The molecular weight excluding hydrogens is 1030 g/mol. The third kappa shape index (κ3) is 22.8. The van der Waals surface area contributed by atoms with Gasteiger partial charge < -0.3 is 50.9 Å². The average Bonchev–Trinajstić information content (AvgIpc) is 3.36. The summed E-state index contributed by atoms with van der Waals surface area (Å²) in [6.07, 6.45) is 5.98. The highest BCUT2D eigenvalue weighted by Crippen LogP contribution is 2.25. The van der Waals surface area contributed by atoms with E-state index in [0.29, 0.717) is 31.4 Å². The fourth-order valence-electron chi connectivity index (χ4n) is 9.54. The Kier molecular flexibility index (Phi) is 33.4. The number of aliphatic hydroxyl groups excluding tert-OH is 1. The molecule has 5 N–H and O–H groups in total. The van der Waals surface area contributed by atoms with Gasteiger partial charge in [-0.1, -0.05) is 115 Å². The highest BCUT2D eigenvalue weighted by molar-refractivity contribution is 7.99. The van der Waals surface area contributed by atoms with Gasteiger partial charge in [0.05, 0.1) is 6.10 Å². The van der Waals surface area contributed by atoms with Crippen molar-refractivity contribution in [1.82, 2.24) is 40.0 Å². The largest absolute Gasteiger partial charge is 0.390 e. The number of hydrogen-bond acceptors (Lipinski definition) is 11. The number of carbonyl (C=O) groups excluding carboxylic acids is 9. The molecule has 20 heteroatoms. The number of likely N-dealkylation sites (N-methyl/N-ethyl adjacent to an activating group) is 6. The minimum Gasteiger partial charge on any atom is -0.390 e. The number of aliphatic hydroxyl groups is 1. The zero-order valence-corrected chi connectivity index (χ0v) is 53.1. The summed E-state index contributed by atoms with van der Waals surface area (Å²) in [6.45, 7) is 31.7. The first kappa shape index (κ1) is 74.0. The third-order valence-corrected chi connectivity index (χ3v) is 15.6. The van der Waals surface area contributed by atoms with Crippen LogP contribution in [0.25, 0.3) is 0 Å². The minimum absolute atomic E-state index is 0.0242. The molecule has 10 atom stereocenters. The maximum absolute atomic E-state index is 15.0. The predicted octanol–water partition coefficient (Wildman–Crippen LogP) is 5.58. The highest BCUT2D eigenvalue weighted by Gasteiger charge is 2.45. The summed E-state index contributed by atoms with van der Waals surface area (Å²) in [7, 11) is 8.91. The molecule has 0 aliphatic rings. The van der Waals surface area contributed by atoms with Crippen molar-refractivity contribution in [3.63, 3.8) is 0 Å². The van der Waals surface area contributed by atoms with Crippen LogP contribution in [0.5, 0.6) is 0 Å². The average molecular weight is 1130 g/mol. The van der Waals surface area contributed by atoms with Crippen molar-refractivity contribution in [3.05, 3.63) is 24.8 Å². The Hall–Kier alpha value is -4.98. The molecule has 0 aliphatic heterocycles. The molecule has 0 rings (SSSR count). The van der Waals surface area contributed by atoms with Gasteiger partial charge in [0.15, 0.2) is 0 Å². The van der Waals surface area contributed by atoms with Crippen LogP contribution in [0, 0.1) is 41.4 Å². The maximum atomic E-state index is 15.0. The molecule has 9 amide bonds. The molecule has 0 fully saturated rings. The van der Waals surface area contributed by atoms with Crippen LogP contribution in [0.3, 0.4) is 0 Å². The van der Waals surface area contributed by atoms with Gasteiger partial charge in [-0.25, -0.2) is 0 Å². The lowest BCUT2D eigenvalue weighted by Crippen LogP contribution is -2.63. The molecule has 0 aromatic carbocycles. The van der Waals surface area contributed by atoms with Crippen LogP contribution >= 0.6 is 11.8 Å². The van der Waals surface area contributed by atoms with Crippen molar-refractivity contribution in [2.45, 2.75) is 203 Å². The van der Waals surface area contributed by atoms with E-state index in [4.69, 9.17) is 5.73 Å². The van der Waals surface area contributed by atoms with Crippen LogP contribution in [0.4, 0.5) is 0 Å². The predicted molar refractivity (Wildman–Crippen MR) is 317 cm³/mol. The quantitative estimate of drug-likeness (QED) is 0.0446. The number of allylic oxidation sites excluding steroid dienone is 2. The molecule has 0 bridgehead atoms. The molecule has 454 valence electrons. The second kappa shape index (κ2) is 35.7. The van der Waals surface area contributed by atoms with E-state index in [9.17, 15) is 48.3 Å². The second-order valence-corrected chi connectivity index (χ2v) is 25.0. The number of carbonyl (C=O) groups is 9. The number of rotatable bonds is 36. The molecular formula is C59H107N9O10S. The zero-order chi connectivity index (χ0) is 61.5. The van der Waals surface area contributed by atoms with Crippen LogP contribution < -0.4 is 16.4 Å². The van der Waals surface area contributed by atoms with Crippen molar-refractivity contribution >= 4 is 64.9 Å². The van der Waals surface area contributed by atoms with E-state index in [1.807, 2.05) is 74.5 Å². The van der Waals surface area contributed by atoms with Gasteiger partial charge in [-0.15, -0.1) is 6.58 Å². The van der Waals surface area contributed by atoms with E-state index in [2.05, 4.69) is 17.2 Å². The lowest BCUT2D eigenvalue weighted by atomic mass is 9.91. The molecule has 79 heavy (non-hydrogen) atoms. The van der Waals surface area contributed by atoms with Gasteiger partial charge in [0, 0.05) is 60.2 Å². The van der Waals surface area contributed by atoms with Gasteiger partial charge in [-0.2, -0.15) is 11.8 Å². The van der Waals surface area contributed by atoms with E-state index in [0.717, 1.165) is 4.90 Å². The van der Waals surface area contributed by atoms with Crippen molar-refractivity contribution in [3.8, 4) is 0 Å². The van der Waals surface area contributed by atoms with Gasteiger partial charge in [0.25, 0.3) is 0 Å². The Morgan fingerprint density at radius 3 is 1.51 bits per heavy atom. The molecule has 0 aliphatic carbocycles. The molecule has 0 aromatic rings. The monoisotopic (exact) mass is 1130 g/mol. The number of primary amides is 1. The number of nitrogens with zero attached hydrogens (tertiary/aromatic N) is 6. The van der Waals surface area contributed by atoms with Crippen molar-refractivity contribution < 1.29 is 48.3 Å². The lowest BCUT2D eigenvalue weighted by molar-refractivity contribution is -0.156. The molecule has 0 unspecified atom stereocenters. The Morgan fingerprint density at radius 1 is 0.570 bits per heavy atom. The van der Waals surface area contributed by atoms with Gasteiger partial charge in [0.2, 0.25) is 53.2 Å². The van der Waals surface area contributed by atoms with Crippen LogP contribution in [0.1, 0.15) is 149 Å². The van der Waals surface area contributed by atoms with Crippen molar-refractivity contribution in [2.24, 2.45) is 47.2 Å². The first-order valence-corrected chi connectivity index (χ1v) is 29.7. The first-order chi connectivity index (χ1) is 36.6. The summed E-state index contributed by atoms with van der Waals surface area (Å²) < 4.78 is 0. The van der Waals surface area contributed by atoms with E-state index < -0.39 is 119 Å². The SMILES string of the molecule is C=CCSC[C@H](C(=O)N(C)[C@@H](CC(C)C)C(=O)N[C@H](C(=O)N(C)[C@@H](CC(C)C)C(N)=O)C(C)C)N(C)C(=O)[C@H](CC)NC(=O)[C@H]([C@H](O)[C@H](C)C/C=C/C)N(C)C(=O)[C@H](C(C)C)N(C)C(=O)[C@H](CC(C)C)N(C)C(=O)CCC(C)C. The van der Waals surface area contributed by atoms with Gasteiger partial charge >= 0.3 is 0 Å². The summed E-state index contributed by atoms with van der Waals surface area (Å²) in [4.78, 5) is 136. The standard InChI is InChI=1S/C59H107N9O10S/c1-23-26-27-41(16)51(70)50(68(22)59(78)49(40(14)15)67(21)56(75)45(33-38(10)11)63(17)47(69)29-28-35(4)5)54(73)61-42(25-3)55(74)66(20)46(34-79-30-24-2)57(76)65(19)44(32-37(8)9)53(72)62-48(39(12)13)58(77)64(18)43(52(60)71)31-36(6)7/h23-24,26,35-46,48-51,70H,2,25,27-34H2,1,3-22H3,(H2,60,71)(H,61,73)(H,62,72)/b26-23+/t41-,42+,43+,44+,45+,46-,48+,49+,50+,51-/m1/s1. The fourth-order valence-corrected chi connectivity index (χ4v) is 10.4. The van der Waals surface area contributed by atoms with Crippen molar-refractivity contribution in [2.75, 3.05) is 53.8 Å². The molecule has 0 radical (unpaired) electrons. The summed E-state index contributed by atoms with van der Waals surface area (Å²) >= 11 is 1.33. The zero-order valence-electron chi connectivity index (χ0n) is 52.3. The molecule has 19 nitrogen and oxygen atoms in total. The third-order valence-electron chi connectivity index (χ3n) is 14.6. The van der Waals surface area contributed by atoms with Gasteiger partial charge in [0.1, 0.15) is 48.3 Å². The number of amides is 9. The van der Waals surface area contributed by atoms with Crippen LogP contribution in [-0.4, -0.2) is 196 Å². The Balaban J connectivity index is 7.36. The summed E-state index contributed by atoms with van der Waals surface area (Å²) in [5.41, 5.74) is 5.73. The number of hydrogen-bond donors (Lipinski definition) is 4. The highest BCUT2D eigenvalue weighted by atomic mass is 32.2. The second-order valence-electron chi connectivity index (χ2n) is 24.0. The fraction of sp³-hybridized carbons (Fsp3) is 0.780. The Morgan fingerprint density at radius 2 is 1.05 bits per heavy atom. The molecule has 0 saturated carbocycles. The van der Waals surface area contributed by atoms with Gasteiger partial charge in [-0.3, -0.25) is 43.2 Å². The lowest BCUT2D eigenvalue weighted by Gasteiger charge is -2.41. The van der Waals surface area contributed by atoms with Crippen LogP contribution in [0.2, 0.25) is 0 Å². The van der Waals surface area contributed by atoms with Crippen LogP contribution in [-0.2, 0) is 43.2 Å². The first-order valence-electron chi connectivity index (χ1n) is 28.5. The normalized spacial score (nSPS) is 15.6. The molecule has 0 saturated heterocycles. The summed E-state index contributed by atoms with van der Waals surface area (Å²) in [5.74, 6) is -5.87.